The van der Waals surface area contributed by atoms with E-state index in [-0.39, 0.29) is 12.3 Å². The molecule has 1 rings (SSSR count). The number of carbonyl (C=O) groups excluding carboxylic acids is 1. The summed E-state index contributed by atoms with van der Waals surface area (Å²) >= 11 is 6.12. The van der Waals surface area contributed by atoms with Gasteiger partial charge in [0.05, 0.1) is 4.20 Å². The second-order valence-corrected chi connectivity index (χ2v) is 5.85. The Morgan fingerprint density at radius 3 is 2.71 bits per heavy atom. The number of carboxylic acid groups (broad SMARTS) is 1. The molecular formula is C10H14N2O3S2. The van der Waals surface area contributed by atoms with Gasteiger partial charge in [0.1, 0.15) is 5.25 Å². The van der Waals surface area contributed by atoms with Crippen LogP contribution in [0.2, 0.25) is 0 Å². The zero-order chi connectivity index (χ0) is 13.0. The van der Waals surface area contributed by atoms with E-state index >= 15 is 0 Å². The molecule has 7 heteroatoms. The lowest BCUT2D eigenvalue weighted by molar-refractivity contribution is -0.137. The molecule has 0 spiro atoms. The molecular weight excluding hydrogens is 260 g/mol. The van der Waals surface area contributed by atoms with Gasteiger partial charge in [-0.1, -0.05) is 12.2 Å². The highest BCUT2D eigenvalue weighted by molar-refractivity contribution is 8.24. The normalized spacial score (nSPS) is 21.2. The van der Waals surface area contributed by atoms with Crippen LogP contribution in [0, 0.1) is 11.3 Å². The minimum absolute atomic E-state index is 0.121. The Morgan fingerprint density at radius 2 is 2.29 bits per heavy atom. The molecule has 0 aromatic heterocycles. The Balaban J connectivity index is 2.60. The van der Waals surface area contributed by atoms with Crippen LogP contribution in [0.5, 0.6) is 0 Å². The molecule has 0 aromatic carbocycles. The Kier molecular flexibility index (Phi) is 5.07. The molecule has 1 saturated carbocycles. The molecule has 0 aromatic rings. The van der Waals surface area contributed by atoms with Gasteiger partial charge in [0.15, 0.2) is 0 Å². The van der Waals surface area contributed by atoms with E-state index < -0.39 is 17.1 Å². The number of rotatable bonds is 5. The van der Waals surface area contributed by atoms with Crippen LogP contribution >= 0.6 is 24.0 Å². The van der Waals surface area contributed by atoms with Crippen molar-refractivity contribution in [1.82, 2.24) is 0 Å². The molecule has 4 N–H and O–H groups in total. The monoisotopic (exact) mass is 274 g/mol. The van der Waals surface area contributed by atoms with Crippen molar-refractivity contribution in [2.45, 2.75) is 30.9 Å². The summed E-state index contributed by atoms with van der Waals surface area (Å²) in [5.41, 5.74) is 5.55. The number of amides is 1. The van der Waals surface area contributed by atoms with Crippen LogP contribution in [0.4, 0.5) is 0 Å². The molecule has 0 unspecified atom stereocenters. The largest absolute Gasteiger partial charge is 0.480 e. The third-order valence-electron chi connectivity index (χ3n) is 2.56. The van der Waals surface area contributed by atoms with E-state index in [0.717, 1.165) is 31.0 Å². The van der Waals surface area contributed by atoms with Crippen LogP contribution in [0.1, 0.15) is 25.7 Å². The Morgan fingerprint density at radius 1 is 1.65 bits per heavy atom. The molecule has 1 fully saturated rings. The van der Waals surface area contributed by atoms with Gasteiger partial charge in [-0.2, -0.15) is 0 Å². The van der Waals surface area contributed by atoms with Crippen molar-refractivity contribution in [1.29, 1.82) is 5.41 Å². The standard InChI is InChI=1S/C10H14N2O3S2/c11-6-3-1-2-5(6)10(16)17-7(9(14)15)4-8(12)13/h5,7,11H,1-4H2,(H2,12,13)(H,14,15)/t5-,7-/m0/s1. The lowest BCUT2D eigenvalue weighted by atomic mass is 10.1. The van der Waals surface area contributed by atoms with E-state index in [1.54, 1.807) is 0 Å². The number of aliphatic carboxylic acids is 1. The highest BCUT2D eigenvalue weighted by Gasteiger charge is 2.30. The third kappa shape index (κ3) is 4.08. The van der Waals surface area contributed by atoms with Crippen LogP contribution in [0.15, 0.2) is 0 Å². The predicted octanol–water partition coefficient (Wildman–Crippen LogP) is 1.20. The van der Waals surface area contributed by atoms with Gasteiger partial charge in [-0.25, -0.2) is 0 Å². The summed E-state index contributed by atoms with van der Waals surface area (Å²) in [5.74, 6) is -1.88. The number of thiocarbonyl (C=S) groups is 1. The SMILES string of the molecule is N=C1CCC[C@@H]1C(=S)S[C@@H](CC(N)=O)C(=O)O. The number of nitrogens with one attached hydrogen (secondary N) is 1. The van der Waals surface area contributed by atoms with Gasteiger partial charge in [-0.05, 0) is 19.3 Å². The molecule has 0 saturated heterocycles. The van der Waals surface area contributed by atoms with Crippen molar-refractivity contribution in [3.63, 3.8) is 0 Å². The first-order valence-electron chi connectivity index (χ1n) is 5.20. The molecule has 1 aliphatic carbocycles. The molecule has 0 bridgehead atoms. The summed E-state index contributed by atoms with van der Waals surface area (Å²) in [4.78, 5) is 21.7. The zero-order valence-corrected chi connectivity index (χ0v) is 10.8. The second-order valence-electron chi connectivity index (χ2n) is 3.90. The summed E-state index contributed by atoms with van der Waals surface area (Å²) in [6.07, 6.45) is 2.20. The molecule has 94 valence electrons. The molecule has 0 heterocycles. The summed E-state index contributed by atoms with van der Waals surface area (Å²) < 4.78 is 0.487. The first-order chi connectivity index (χ1) is 7.91. The Bertz CT molecular complexity index is 371. The third-order valence-corrected chi connectivity index (χ3v) is 4.31. The number of thioether (sulfide) groups is 1. The molecule has 1 amide bonds. The highest BCUT2D eigenvalue weighted by Crippen LogP contribution is 2.30. The summed E-state index contributed by atoms with van der Waals surface area (Å²) in [7, 11) is 0. The van der Waals surface area contributed by atoms with Gasteiger partial charge in [0, 0.05) is 18.1 Å². The van der Waals surface area contributed by atoms with E-state index in [2.05, 4.69) is 0 Å². The fourth-order valence-electron chi connectivity index (χ4n) is 1.69. The number of carboxylic acids is 1. The van der Waals surface area contributed by atoms with Crippen LogP contribution < -0.4 is 5.73 Å². The maximum Gasteiger partial charge on any atom is 0.317 e. The molecule has 17 heavy (non-hydrogen) atoms. The summed E-state index contributed by atoms with van der Waals surface area (Å²) in [6.45, 7) is 0. The van der Waals surface area contributed by atoms with E-state index in [0.29, 0.717) is 9.91 Å². The van der Waals surface area contributed by atoms with Crippen molar-refractivity contribution in [2.75, 3.05) is 0 Å². The fraction of sp³-hybridized carbons (Fsp3) is 0.600. The van der Waals surface area contributed by atoms with Crippen molar-refractivity contribution in [2.24, 2.45) is 11.7 Å². The molecule has 2 atom stereocenters. The smallest absolute Gasteiger partial charge is 0.317 e. The van der Waals surface area contributed by atoms with Crippen LogP contribution in [0.25, 0.3) is 0 Å². The van der Waals surface area contributed by atoms with E-state index in [1.807, 2.05) is 0 Å². The lowest BCUT2D eigenvalue weighted by Crippen LogP contribution is -2.27. The summed E-state index contributed by atoms with van der Waals surface area (Å²) in [5, 5.41) is 15.7. The first-order valence-corrected chi connectivity index (χ1v) is 6.49. The van der Waals surface area contributed by atoms with Crippen molar-refractivity contribution < 1.29 is 14.7 Å². The maximum atomic E-state index is 10.9. The number of carbonyl (C=O) groups is 2. The van der Waals surface area contributed by atoms with Crippen molar-refractivity contribution in [3.8, 4) is 0 Å². The van der Waals surface area contributed by atoms with Crippen LogP contribution in [0.3, 0.4) is 0 Å². The lowest BCUT2D eigenvalue weighted by Gasteiger charge is -2.15. The molecule has 0 aliphatic heterocycles. The van der Waals surface area contributed by atoms with Gasteiger partial charge in [0.25, 0.3) is 0 Å². The maximum absolute atomic E-state index is 10.9. The first kappa shape index (κ1) is 14.1. The summed E-state index contributed by atoms with van der Waals surface area (Å²) in [6, 6.07) is 0. The number of nitrogens with two attached hydrogens (primary N) is 1. The zero-order valence-electron chi connectivity index (χ0n) is 9.14. The van der Waals surface area contributed by atoms with E-state index in [4.69, 9.17) is 28.5 Å². The Labute approximate surface area is 109 Å². The van der Waals surface area contributed by atoms with E-state index in [9.17, 15) is 9.59 Å². The number of hydrogen-bond donors (Lipinski definition) is 3. The molecule has 5 nitrogen and oxygen atoms in total. The van der Waals surface area contributed by atoms with Crippen LogP contribution in [-0.2, 0) is 9.59 Å². The van der Waals surface area contributed by atoms with Gasteiger partial charge in [0.2, 0.25) is 5.91 Å². The Hall–Kier alpha value is -0.950. The molecule has 1 aliphatic rings. The topological polar surface area (TPSA) is 104 Å². The minimum Gasteiger partial charge on any atom is -0.480 e. The average Bonchev–Trinajstić information content (AvgIpc) is 2.62. The van der Waals surface area contributed by atoms with Crippen molar-refractivity contribution >= 4 is 45.8 Å². The fourth-order valence-corrected chi connectivity index (χ4v) is 3.35. The predicted molar refractivity (Wildman–Crippen MR) is 70.5 cm³/mol. The number of primary amides is 1. The quantitative estimate of drug-likeness (QED) is 0.653. The second kappa shape index (κ2) is 6.11. The highest BCUT2D eigenvalue weighted by atomic mass is 32.2. The minimum atomic E-state index is -1.10. The average molecular weight is 274 g/mol. The van der Waals surface area contributed by atoms with E-state index in [1.165, 1.54) is 0 Å². The number of hydrogen-bond acceptors (Lipinski definition) is 5. The van der Waals surface area contributed by atoms with Crippen molar-refractivity contribution in [3.05, 3.63) is 0 Å². The molecule has 0 radical (unpaired) electrons. The van der Waals surface area contributed by atoms with Gasteiger partial charge in [-0.15, -0.1) is 11.8 Å². The van der Waals surface area contributed by atoms with Crippen LogP contribution in [-0.4, -0.2) is 32.1 Å². The van der Waals surface area contributed by atoms with Gasteiger partial charge in [-0.3, -0.25) is 9.59 Å². The van der Waals surface area contributed by atoms with Gasteiger partial charge < -0.3 is 16.2 Å². The van der Waals surface area contributed by atoms with Gasteiger partial charge >= 0.3 is 5.97 Å².